The molecule has 0 radical (unpaired) electrons. The highest BCUT2D eigenvalue weighted by atomic mass is 19.1. The summed E-state index contributed by atoms with van der Waals surface area (Å²) in [5.41, 5.74) is 1.29. The second-order valence-electron chi connectivity index (χ2n) is 7.75. The normalized spacial score (nSPS) is 16.9. The molecule has 1 atom stereocenters. The third-order valence-corrected chi connectivity index (χ3v) is 5.71. The van der Waals surface area contributed by atoms with Gasteiger partial charge in [-0.2, -0.15) is 0 Å². The Labute approximate surface area is 200 Å². The summed E-state index contributed by atoms with van der Waals surface area (Å²) in [5.74, 6) is -3.56. The first-order valence-corrected chi connectivity index (χ1v) is 10.5. The smallest absolute Gasteiger partial charge is 0.337 e. The summed E-state index contributed by atoms with van der Waals surface area (Å²) in [5, 5.41) is 11.1. The SMILES string of the molecule is COC(=O)c1ccc([C@H]2C(=C(O)c3ccc(OC)c(F)c3)C(=O)C(=O)N2Cc2ccncc2)cc1. The van der Waals surface area contributed by atoms with E-state index in [-0.39, 0.29) is 29.0 Å². The number of carbonyl (C=O) groups excluding carboxylic acids is 3. The second-order valence-corrected chi connectivity index (χ2v) is 7.75. The van der Waals surface area contributed by atoms with Gasteiger partial charge < -0.3 is 19.5 Å². The van der Waals surface area contributed by atoms with Crippen molar-refractivity contribution in [1.29, 1.82) is 0 Å². The molecule has 0 spiro atoms. The van der Waals surface area contributed by atoms with Crippen molar-refractivity contribution in [3.8, 4) is 5.75 Å². The van der Waals surface area contributed by atoms with E-state index >= 15 is 0 Å². The molecule has 1 amide bonds. The molecule has 1 aliphatic rings. The minimum Gasteiger partial charge on any atom is -0.507 e. The molecule has 2 aromatic carbocycles. The van der Waals surface area contributed by atoms with E-state index in [1.165, 1.54) is 43.4 Å². The number of aromatic nitrogens is 1. The molecule has 0 saturated carbocycles. The quantitative estimate of drug-likeness (QED) is 0.251. The predicted octanol–water partition coefficient (Wildman–Crippen LogP) is 3.64. The van der Waals surface area contributed by atoms with Gasteiger partial charge in [0.1, 0.15) is 5.76 Å². The fraction of sp³-hybridized carbons (Fsp3) is 0.154. The zero-order valence-corrected chi connectivity index (χ0v) is 18.9. The minimum atomic E-state index is -0.986. The number of aliphatic hydroxyl groups is 1. The summed E-state index contributed by atoms with van der Waals surface area (Å²) in [4.78, 5) is 43.3. The highest BCUT2D eigenvalue weighted by molar-refractivity contribution is 6.46. The van der Waals surface area contributed by atoms with E-state index < -0.39 is 35.3 Å². The van der Waals surface area contributed by atoms with Crippen LogP contribution in [0.4, 0.5) is 4.39 Å². The summed E-state index contributed by atoms with van der Waals surface area (Å²) < 4.78 is 24.0. The second kappa shape index (κ2) is 9.76. The summed E-state index contributed by atoms with van der Waals surface area (Å²) in [6, 6.07) is 12.3. The number of benzene rings is 2. The number of nitrogens with zero attached hydrogens (tertiary/aromatic N) is 2. The summed E-state index contributed by atoms with van der Waals surface area (Å²) >= 11 is 0. The molecule has 0 unspecified atom stereocenters. The van der Waals surface area contributed by atoms with E-state index in [1.54, 1.807) is 36.7 Å². The number of pyridine rings is 1. The maximum atomic E-state index is 14.3. The van der Waals surface area contributed by atoms with Gasteiger partial charge in [-0.25, -0.2) is 9.18 Å². The van der Waals surface area contributed by atoms with E-state index in [9.17, 15) is 23.9 Å². The number of rotatable bonds is 6. The van der Waals surface area contributed by atoms with Crippen molar-refractivity contribution in [1.82, 2.24) is 9.88 Å². The molecule has 3 aromatic rings. The molecule has 35 heavy (non-hydrogen) atoms. The Hall–Kier alpha value is -4.53. The van der Waals surface area contributed by atoms with Gasteiger partial charge in [-0.15, -0.1) is 0 Å². The number of carbonyl (C=O) groups is 3. The molecule has 1 N–H and O–H groups in total. The van der Waals surface area contributed by atoms with E-state index in [1.807, 2.05) is 0 Å². The number of halogens is 1. The van der Waals surface area contributed by atoms with E-state index in [4.69, 9.17) is 9.47 Å². The Morgan fingerprint density at radius 2 is 1.69 bits per heavy atom. The van der Waals surface area contributed by atoms with Gasteiger partial charge >= 0.3 is 5.97 Å². The van der Waals surface area contributed by atoms with Gasteiger partial charge in [-0.05, 0) is 53.6 Å². The Balaban J connectivity index is 1.85. The molecule has 1 fully saturated rings. The average Bonchev–Trinajstić information content (AvgIpc) is 3.13. The van der Waals surface area contributed by atoms with E-state index in [2.05, 4.69) is 4.98 Å². The standard InChI is InChI=1S/C26H21FN2O6/c1-34-20-8-7-18(13-19(20)27)23(30)21-22(16-3-5-17(6-4-16)26(33)35-2)29(25(32)24(21)31)14-15-9-11-28-12-10-15/h3-13,22,30H,14H2,1-2H3/t22-/m0/s1. The number of hydrogen-bond donors (Lipinski definition) is 1. The first-order valence-electron chi connectivity index (χ1n) is 10.5. The summed E-state index contributed by atoms with van der Waals surface area (Å²) in [6.45, 7) is 0.0598. The van der Waals surface area contributed by atoms with Crippen LogP contribution in [0.5, 0.6) is 5.75 Å². The molecule has 1 saturated heterocycles. The third kappa shape index (κ3) is 4.48. The fourth-order valence-electron chi connectivity index (χ4n) is 3.96. The average molecular weight is 476 g/mol. The molecule has 0 bridgehead atoms. The van der Waals surface area contributed by atoms with Gasteiger partial charge in [-0.3, -0.25) is 14.6 Å². The Morgan fingerprint density at radius 3 is 2.29 bits per heavy atom. The van der Waals surface area contributed by atoms with Crippen molar-refractivity contribution in [2.45, 2.75) is 12.6 Å². The molecule has 8 nitrogen and oxygen atoms in total. The van der Waals surface area contributed by atoms with Gasteiger partial charge in [-0.1, -0.05) is 12.1 Å². The van der Waals surface area contributed by atoms with Crippen LogP contribution in [0.15, 0.2) is 72.6 Å². The lowest BCUT2D eigenvalue weighted by atomic mass is 9.94. The third-order valence-electron chi connectivity index (χ3n) is 5.71. The molecule has 9 heteroatoms. The number of aliphatic hydroxyl groups excluding tert-OH is 1. The first-order chi connectivity index (χ1) is 16.8. The Bertz CT molecular complexity index is 1320. The molecule has 178 valence electrons. The minimum absolute atomic E-state index is 0.0152. The van der Waals surface area contributed by atoms with Crippen molar-refractivity contribution >= 4 is 23.4 Å². The largest absolute Gasteiger partial charge is 0.507 e. The lowest BCUT2D eigenvalue weighted by molar-refractivity contribution is -0.140. The lowest BCUT2D eigenvalue weighted by Crippen LogP contribution is -2.29. The topological polar surface area (TPSA) is 106 Å². The van der Waals surface area contributed by atoms with Crippen LogP contribution in [0.1, 0.15) is 33.1 Å². The van der Waals surface area contributed by atoms with Crippen LogP contribution in [0.2, 0.25) is 0 Å². The number of likely N-dealkylation sites (tertiary alicyclic amines) is 1. The lowest BCUT2D eigenvalue weighted by Gasteiger charge is -2.25. The number of esters is 1. The van der Waals surface area contributed by atoms with Crippen LogP contribution in [0.3, 0.4) is 0 Å². The highest BCUT2D eigenvalue weighted by Gasteiger charge is 2.46. The summed E-state index contributed by atoms with van der Waals surface area (Å²) in [6.07, 6.45) is 3.12. The molecule has 1 aliphatic heterocycles. The van der Waals surface area contributed by atoms with Gasteiger partial charge in [0.15, 0.2) is 11.6 Å². The Kier molecular flexibility index (Phi) is 6.59. The van der Waals surface area contributed by atoms with E-state index in [0.29, 0.717) is 11.1 Å². The van der Waals surface area contributed by atoms with Gasteiger partial charge in [0, 0.05) is 24.5 Å². The maximum absolute atomic E-state index is 14.3. The van der Waals surface area contributed by atoms with Crippen LogP contribution < -0.4 is 4.74 Å². The number of hydrogen-bond acceptors (Lipinski definition) is 7. The van der Waals surface area contributed by atoms with Crippen LogP contribution in [-0.2, 0) is 20.9 Å². The summed E-state index contributed by atoms with van der Waals surface area (Å²) in [7, 11) is 2.56. The highest BCUT2D eigenvalue weighted by Crippen LogP contribution is 2.40. The first kappa shape index (κ1) is 23.6. The van der Waals surface area contributed by atoms with Gasteiger partial charge in [0.05, 0.1) is 31.4 Å². The zero-order valence-electron chi connectivity index (χ0n) is 18.9. The monoisotopic (exact) mass is 476 g/mol. The fourth-order valence-corrected chi connectivity index (χ4v) is 3.96. The van der Waals surface area contributed by atoms with Crippen molar-refractivity contribution < 1.29 is 33.4 Å². The van der Waals surface area contributed by atoms with Crippen LogP contribution in [0.25, 0.3) is 5.76 Å². The molecular formula is C26H21FN2O6. The molecule has 0 aliphatic carbocycles. The number of amides is 1. The predicted molar refractivity (Wildman–Crippen MR) is 123 cm³/mol. The number of methoxy groups -OCH3 is 2. The zero-order chi connectivity index (χ0) is 25.1. The van der Waals surface area contributed by atoms with Crippen molar-refractivity contribution in [2.75, 3.05) is 14.2 Å². The van der Waals surface area contributed by atoms with Gasteiger partial charge in [0.2, 0.25) is 0 Å². The molecule has 1 aromatic heterocycles. The van der Waals surface area contributed by atoms with E-state index in [0.717, 1.165) is 6.07 Å². The van der Waals surface area contributed by atoms with Crippen LogP contribution >= 0.6 is 0 Å². The van der Waals surface area contributed by atoms with Crippen molar-refractivity contribution in [3.63, 3.8) is 0 Å². The van der Waals surface area contributed by atoms with Gasteiger partial charge in [0.25, 0.3) is 11.7 Å². The van der Waals surface area contributed by atoms with Crippen molar-refractivity contribution in [2.24, 2.45) is 0 Å². The molecular weight excluding hydrogens is 455 g/mol. The molecule has 4 rings (SSSR count). The number of Topliss-reactive ketones (excluding diaryl/α,β-unsaturated/α-hetero) is 1. The van der Waals surface area contributed by atoms with Crippen LogP contribution in [0, 0.1) is 5.82 Å². The Morgan fingerprint density at radius 1 is 1.03 bits per heavy atom. The van der Waals surface area contributed by atoms with Crippen LogP contribution in [-0.4, -0.2) is 46.9 Å². The maximum Gasteiger partial charge on any atom is 0.337 e. The number of ether oxygens (including phenoxy) is 2. The van der Waals surface area contributed by atoms with Crippen molar-refractivity contribution in [3.05, 3.63) is 101 Å². The number of ketones is 1. The molecule has 2 heterocycles.